The second-order valence-electron chi connectivity index (χ2n) is 7.31. The lowest BCUT2D eigenvalue weighted by molar-refractivity contribution is -0.137. The minimum atomic E-state index is -4.40. The molecular formula is C21H20F3N5O. The Balaban J connectivity index is 1.71. The van der Waals surface area contributed by atoms with Crippen LogP contribution in [0.15, 0.2) is 49.2 Å². The molecule has 0 saturated carbocycles. The fourth-order valence-electron chi connectivity index (χ4n) is 3.63. The van der Waals surface area contributed by atoms with Gasteiger partial charge in [0, 0.05) is 25.3 Å². The maximum absolute atomic E-state index is 12.9. The van der Waals surface area contributed by atoms with Crippen molar-refractivity contribution in [3.63, 3.8) is 0 Å². The molecule has 1 aliphatic rings. The van der Waals surface area contributed by atoms with Crippen LogP contribution in [0, 0.1) is 6.92 Å². The van der Waals surface area contributed by atoms with Crippen LogP contribution >= 0.6 is 0 Å². The molecule has 6 nitrogen and oxygen atoms in total. The first-order valence-corrected chi connectivity index (χ1v) is 9.47. The van der Waals surface area contributed by atoms with E-state index in [0.717, 1.165) is 29.5 Å². The average Bonchev–Trinajstić information content (AvgIpc) is 3.31. The maximum Gasteiger partial charge on any atom is 0.416 e. The van der Waals surface area contributed by atoms with Gasteiger partial charge in [0.05, 0.1) is 16.6 Å². The molecule has 0 spiro atoms. The minimum Gasteiger partial charge on any atom is -0.352 e. The molecule has 1 N–H and O–H groups in total. The van der Waals surface area contributed by atoms with E-state index in [4.69, 9.17) is 0 Å². The van der Waals surface area contributed by atoms with Gasteiger partial charge >= 0.3 is 6.18 Å². The number of carbonyl (C=O) groups excluding carboxylic acids is 1. The van der Waals surface area contributed by atoms with Gasteiger partial charge in [0.25, 0.3) is 0 Å². The van der Waals surface area contributed by atoms with Gasteiger partial charge in [-0.05, 0) is 55.3 Å². The molecule has 0 radical (unpaired) electrons. The normalized spacial score (nSPS) is 16.8. The monoisotopic (exact) mass is 415 g/mol. The molecule has 1 unspecified atom stereocenters. The van der Waals surface area contributed by atoms with Crippen molar-refractivity contribution < 1.29 is 18.0 Å². The Labute approximate surface area is 171 Å². The number of rotatable bonds is 4. The van der Waals surface area contributed by atoms with E-state index < -0.39 is 11.7 Å². The lowest BCUT2D eigenvalue weighted by atomic mass is 10.2. The maximum atomic E-state index is 12.9. The van der Waals surface area contributed by atoms with Gasteiger partial charge in [0.2, 0.25) is 5.91 Å². The number of fused-ring (bicyclic) bond motifs is 1. The fraction of sp³-hybridized carbons (Fsp3) is 0.286. The van der Waals surface area contributed by atoms with Crippen LogP contribution in [-0.2, 0) is 11.0 Å². The standard InChI is InChI=1S/C21H20F3N5O/c1-3-18(30)26-15-8-9-28(12-15)20-17-10-13(2)11-25-19(17)29(27-20)16-6-4-14(5-7-16)21(22,23)24/h3-7,10-11,15H,1,8-9,12H2,2H3,(H,26,30). The molecule has 1 aromatic carbocycles. The molecule has 9 heteroatoms. The molecule has 156 valence electrons. The highest BCUT2D eigenvalue weighted by Crippen LogP contribution is 2.32. The molecule has 1 amide bonds. The van der Waals surface area contributed by atoms with Crippen molar-refractivity contribution in [2.24, 2.45) is 0 Å². The van der Waals surface area contributed by atoms with Crippen molar-refractivity contribution >= 4 is 22.8 Å². The van der Waals surface area contributed by atoms with Gasteiger partial charge in [-0.1, -0.05) is 6.58 Å². The van der Waals surface area contributed by atoms with E-state index in [0.29, 0.717) is 30.2 Å². The number of amides is 1. The molecule has 2 aromatic heterocycles. The molecule has 1 aliphatic heterocycles. The highest BCUT2D eigenvalue weighted by atomic mass is 19.4. The zero-order valence-electron chi connectivity index (χ0n) is 16.3. The van der Waals surface area contributed by atoms with Crippen LogP contribution in [0.4, 0.5) is 19.0 Å². The van der Waals surface area contributed by atoms with E-state index in [1.165, 1.54) is 18.2 Å². The summed E-state index contributed by atoms with van der Waals surface area (Å²) in [5.41, 5.74) is 1.29. The molecule has 0 bridgehead atoms. The number of halogens is 3. The number of anilines is 1. The van der Waals surface area contributed by atoms with Crippen LogP contribution < -0.4 is 10.2 Å². The Morgan fingerprint density at radius 1 is 1.30 bits per heavy atom. The zero-order chi connectivity index (χ0) is 21.5. The first-order valence-electron chi connectivity index (χ1n) is 9.47. The van der Waals surface area contributed by atoms with Gasteiger partial charge in [-0.25, -0.2) is 9.67 Å². The first-order chi connectivity index (χ1) is 14.3. The number of aryl methyl sites for hydroxylation is 1. The number of hydrogen-bond acceptors (Lipinski definition) is 4. The molecule has 3 heterocycles. The van der Waals surface area contributed by atoms with E-state index in [2.05, 4.69) is 26.9 Å². The number of benzene rings is 1. The Kier molecular flexibility index (Phi) is 4.97. The quantitative estimate of drug-likeness (QED) is 0.661. The largest absolute Gasteiger partial charge is 0.416 e. The molecular weight excluding hydrogens is 395 g/mol. The summed E-state index contributed by atoms with van der Waals surface area (Å²) in [5, 5.41) is 8.38. The van der Waals surface area contributed by atoms with Crippen molar-refractivity contribution in [3.8, 4) is 5.69 Å². The third-order valence-electron chi connectivity index (χ3n) is 5.10. The lowest BCUT2D eigenvalue weighted by Crippen LogP contribution is -2.36. The smallest absolute Gasteiger partial charge is 0.352 e. The van der Waals surface area contributed by atoms with Crippen molar-refractivity contribution in [2.45, 2.75) is 25.6 Å². The third kappa shape index (κ3) is 3.74. The van der Waals surface area contributed by atoms with Crippen LogP contribution in [0.1, 0.15) is 17.5 Å². The van der Waals surface area contributed by atoms with Gasteiger partial charge in [-0.3, -0.25) is 4.79 Å². The van der Waals surface area contributed by atoms with E-state index >= 15 is 0 Å². The summed E-state index contributed by atoms with van der Waals surface area (Å²) in [6.07, 6.45) is -0.699. The van der Waals surface area contributed by atoms with E-state index in [1.54, 1.807) is 10.9 Å². The number of nitrogens with one attached hydrogen (secondary N) is 1. The summed E-state index contributed by atoms with van der Waals surface area (Å²) in [7, 11) is 0. The molecule has 30 heavy (non-hydrogen) atoms. The van der Waals surface area contributed by atoms with Crippen molar-refractivity contribution in [3.05, 3.63) is 60.3 Å². The van der Waals surface area contributed by atoms with Crippen molar-refractivity contribution in [1.82, 2.24) is 20.1 Å². The summed E-state index contributed by atoms with van der Waals surface area (Å²) in [5.74, 6) is 0.468. The zero-order valence-corrected chi connectivity index (χ0v) is 16.3. The molecule has 1 atom stereocenters. The van der Waals surface area contributed by atoms with Crippen LogP contribution in [0.25, 0.3) is 16.7 Å². The van der Waals surface area contributed by atoms with E-state index in [9.17, 15) is 18.0 Å². The summed E-state index contributed by atoms with van der Waals surface area (Å²) in [4.78, 5) is 18.1. The fourth-order valence-corrected chi connectivity index (χ4v) is 3.63. The summed E-state index contributed by atoms with van der Waals surface area (Å²) >= 11 is 0. The number of pyridine rings is 1. The average molecular weight is 415 g/mol. The Morgan fingerprint density at radius 2 is 2.03 bits per heavy atom. The highest BCUT2D eigenvalue weighted by molar-refractivity contribution is 5.90. The molecule has 4 rings (SSSR count). The number of nitrogens with zero attached hydrogens (tertiary/aromatic N) is 4. The van der Waals surface area contributed by atoms with Gasteiger partial charge in [0.15, 0.2) is 11.5 Å². The number of carbonyl (C=O) groups is 1. The van der Waals surface area contributed by atoms with Crippen LogP contribution in [-0.4, -0.2) is 39.8 Å². The Hall–Kier alpha value is -3.36. The lowest BCUT2D eigenvalue weighted by Gasteiger charge is -2.16. The Bertz CT molecular complexity index is 1100. The molecule has 1 fully saturated rings. The predicted molar refractivity (Wildman–Crippen MR) is 108 cm³/mol. The van der Waals surface area contributed by atoms with Gasteiger partial charge in [0.1, 0.15) is 0 Å². The van der Waals surface area contributed by atoms with Crippen molar-refractivity contribution in [2.75, 3.05) is 18.0 Å². The van der Waals surface area contributed by atoms with Gasteiger partial charge < -0.3 is 10.2 Å². The summed E-state index contributed by atoms with van der Waals surface area (Å²) in [6.45, 7) is 6.65. The number of hydrogen-bond donors (Lipinski definition) is 1. The molecule has 1 saturated heterocycles. The van der Waals surface area contributed by atoms with E-state index in [-0.39, 0.29) is 11.9 Å². The first kappa shape index (κ1) is 19.9. The Morgan fingerprint density at radius 3 is 2.70 bits per heavy atom. The van der Waals surface area contributed by atoms with Crippen molar-refractivity contribution in [1.29, 1.82) is 0 Å². The molecule has 3 aromatic rings. The SMILES string of the molecule is C=CC(=O)NC1CCN(c2nn(-c3ccc(C(F)(F)F)cc3)c3ncc(C)cc23)C1. The van der Waals surface area contributed by atoms with Crippen LogP contribution in [0.3, 0.4) is 0 Å². The van der Waals surface area contributed by atoms with Crippen LogP contribution in [0.2, 0.25) is 0 Å². The van der Waals surface area contributed by atoms with Crippen LogP contribution in [0.5, 0.6) is 0 Å². The van der Waals surface area contributed by atoms with Gasteiger partial charge in [-0.2, -0.15) is 13.2 Å². The second-order valence-corrected chi connectivity index (χ2v) is 7.31. The summed E-state index contributed by atoms with van der Waals surface area (Å²) in [6, 6.07) is 6.77. The summed E-state index contributed by atoms with van der Waals surface area (Å²) < 4.78 is 40.3. The third-order valence-corrected chi connectivity index (χ3v) is 5.10. The number of alkyl halides is 3. The number of aromatic nitrogens is 3. The van der Waals surface area contributed by atoms with E-state index in [1.807, 2.05) is 13.0 Å². The molecule has 0 aliphatic carbocycles. The second kappa shape index (κ2) is 7.47. The predicted octanol–water partition coefficient (Wildman–Crippen LogP) is 3.63. The minimum absolute atomic E-state index is 0.0282. The topological polar surface area (TPSA) is 63.1 Å². The van der Waals surface area contributed by atoms with Gasteiger partial charge in [-0.15, -0.1) is 5.10 Å². The highest BCUT2D eigenvalue weighted by Gasteiger charge is 2.31.